The second-order valence-corrected chi connectivity index (χ2v) is 5.19. The topological polar surface area (TPSA) is 57.8 Å². The summed E-state index contributed by atoms with van der Waals surface area (Å²) in [5.41, 5.74) is 2.65. The Hall–Kier alpha value is -1.84. The van der Waals surface area contributed by atoms with Crippen LogP contribution in [0.15, 0.2) is 24.5 Å². The fraction of sp³-hybridized carbons (Fsp3) is 0.385. The summed E-state index contributed by atoms with van der Waals surface area (Å²) in [6, 6.07) is 5.93. The predicted molar refractivity (Wildman–Crippen MR) is 67.4 cm³/mol. The van der Waals surface area contributed by atoms with Crippen LogP contribution in [0.5, 0.6) is 0 Å². The Morgan fingerprint density at radius 1 is 1.41 bits per heavy atom. The van der Waals surface area contributed by atoms with Gasteiger partial charge >= 0.3 is 0 Å². The van der Waals surface area contributed by atoms with Crippen LogP contribution in [0.2, 0.25) is 0 Å². The molecule has 2 aromatic rings. The second-order valence-electron chi connectivity index (χ2n) is 5.19. The Balaban J connectivity index is 2.06. The van der Waals surface area contributed by atoms with Gasteiger partial charge in [-0.25, -0.2) is 4.98 Å². The van der Waals surface area contributed by atoms with Crippen LogP contribution in [0.3, 0.4) is 0 Å². The number of nitrogens with zero attached hydrogens (tertiary/aromatic N) is 1. The molecule has 0 unspecified atom stereocenters. The Morgan fingerprint density at radius 3 is 2.88 bits per heavy atom. The zero-order valence-corrected chi connectivity index (χ0v) is 10.4. The highest BCUT2D eigenvalue weighted by atomic mass is 16.2. The highest BCUT2D eigenvalue weighted by Crippen LogP contribution is 2.14. The molecule has 0 fully saturated rings. The van der Waals surface area contributed by atoms with Crippen LogP contribution in [-0.4, -0.2) is 15.9 Å². The molecule has 0 bridgehead atoms. The van der Waals surface area contributed by atoms with Gasteiger partial charge in [-0.1, -0.05) is 26.8 Å². The first-order valence-corrected chi connectivity index (χ1v) is 5.67. The number of H-pyrrole nitrogens is 1. The third-order valence-electron chi connectivity index (χ3n) is 2.62. The second kappa shape index (κ2) is 4.20. The van der Waals surface area contributed by atoms with Gasteiger partial charge in [-0.05, 0) is 17.7 Å². The molecule has 2 rings (SSSR count). The molecule has 1 aromatic carbocycles. The number of nitrogens with one attached hydrogen (secondary N) is 2. The molecule has 90 valence electrons. The Morgan fingerprint density at radius 2 is 2.18 bits per heavy atom. The van der Waals surface area contributed by atoms with Gasteiger partial charge in [0.25, 0.3) is 0 Å². The molecule has 1 amide bonds. The minimum atomic E-state index is -0.349. The van der Waals surface area contributed by atoms with E-state index in [1.54, 1.807) is 6.33 Å². The number of imidazole rings is 1. The van der Waals surface area contributed by atoms with E-state index in [1.807, 2.05) is 39.0 Å². The molecular weight excluding hydrogens is 214 g/mol. The zero-order chi connectivity index (χ0) is 12.5. The molecule has 0 radical (unpaired) electrons. The Bertz CT molecular complexity index is 537. The average Bonchev–Trinajstić information content (AvgIpc) is 2.71. The van der Waals surface area contributed by atoms with Crippen LogP contribution >= 0.6 is 0 Å². The van der Waals surface area contributed by atoms with Crippen molar-refractivity contribution < 1.29 is 4.79 Å². The van der Waals surface area contributed by atoms with E-state index >= 15 is 0 Å². The molecule has 4 heteroatoms. The van der Waals surface area contributed by atoms with Crippen molar-refractivity contribution in [2.24, 2.45) is 5.41 Å². The summed E-state index contributed by atoms with van der Waals surface area (Å²) in [5, 5.41) is 2.92. The van der Waals surface area contributed by atoms with Crippen molar-refractivity contribution in [3.8, 4) is 0 Å². The first-order valence-electron chi connectivity index (χ1n) is 5.67. The maximum absolute atomic E-state index is 11.7. The maximum Gasteiger partial charge on any atom is 0.225 e. The lowest BCUT2D eigenvalue weighted by Crippen LogP contribution is -2.34. The average molecular weight is 231 g/mol. The molecule has 0 spiro atoms. The molecule has 0 saturated carbocycles. The lowest BCUT2D eigenvalue weighted by molar-refractivity contribution is -0.128. The number of aromatic nitrogens is 2. The summed E-state index contributed by atoms with van der Waals surface area (Å²) < 4.78 is 0. The van der Waals surface area contributed by atoms with Crippen molar-refractivity contribution in [2.45, 2.75) is 27.3 Å². The van der Waals surface area contributed by atoms with Crippen molar-refractivity contribution in [2.75, 3.05) is 0 Å². The normalized spacial score (nSPS) is 11.7. The SMILES string of the molecule is CC(C)(C)C(=O)NCc1ccc2nc[nH]c2c1. The number of fused-ring (bicyclic) bond motifs is 1. The number of carbonyl (C=O) groups is 1. The van der Waals surface area contributed by atoms with Gasteiger partial charge in [0.15, 0.2) is 0 Å². The van der Waals surface area contributed by atoms with Crippen LogP contribution in [-0.2, 0) is 11.3 Å². The Labute approximate surface area is 100 Å². The summed E-state index contributed by atoms with van der Waals surface area (Å²) in [7, 11) is 0. The lowest BCUT2D eigenvalue weighted by atomic mass is 9.95. The van der Waals surface area contributed by atoms with E-state index in [2.05, 4.69) is 15.3 Å². The molecule has 0 atom stereocenters. The van der Waals surface area contributed by atoms with Gasteiger partial charge in [-0.2, -0.15) is 0 Å². The van der Waals surface area contributed by atoms with E-state index in [0.717, 1.165) is 16.6 Å². The fourth-order valence-electron chi connectivity index (χ4n) is 1.54. The molecule has 1 aromatic heterocycles. The number of aromatic amines is 1. The third kappa shape index (κ3) is 2.64. The maximum atomic E-state index is 11.7. The molecule has 0 saturated heterocycles. The van der Waals surface area contributed by atoms with Crippen molar-refractivity contribution in [1.82, 2.24) is 15.3 Å². The van der Waals surface area contributed by atoms with Crippen LogP contribution < -0.4 is 5.32 Å². The van der Waals surface area contributed by atoms with Crippen molar-refractivity contribution in [1.29, 1.82) is 0 Å². The molecule has 4 nitrogen and oxygen atoms in total. The van der Waals surface area contributed by atoms with Crippen LogP contribution in [0.4, 0.5) is 0 Å². The molecule has 1 heterocycles. The number of carbonyl (C=O) groups excluding carboxylic acids is 1. The van der Waals surface area contributed by atoms with Gasteiger partial charge in [-0.15, -0.1) is 0 Å². The fourth-order valence-corrected chi connectivity index (χ4v) is 1.54. The summed E-state index contributed by atoms with van der Waals surface area (Å²) >= 11 is 0. The van der Waals surface area contributed by atoms with Crippen LogP contribution in [0.1, 0.15) is 26.3 Å². The number of amides is 1. The first-order chi connectivity index (χ1) is 7.97. The zero-order valence-electron chi connectivity index (χ0n) is 10.4. The summed E-state index contributed by atoms with van der Waals surface area (Å²) in [6.07, 6.45) is 1.67. The van der Waals surface area contributed by atoms with Gasteiger partial charge in [0.05, 0.1) is 17.4 Å². The minimum Gasteiger partial charge on any atom is -0.352 e. The van der Waals surface area contributed by atoms with Crippen molar-refractivity contribution in [3.05, 3.63) is 30.1 Å². The third-order valence-corrected chi connectivity index (χ3v) is 2.62. The number of hydrogen-bond donors (Lipinski definition) is 2. The summed E-state index contributed by atoms with van der Waals surface area (Å²) in [4.78, 5) is 18.9. The van der Waals surface area contributed by atoms with E-state index in [1.165, 1.54) is 0 Å². The number of rotatable bonds is 2. The van der Waals surface area contributed by atoms with Crippen LogP contribution in [0, 0.1) is 5.41 Å². The van der Waals surface area contributed by atoms with Crippen molar-refractivity contribution >= 4 is 16.9 Å². The van der Waals surface area contributed by atoms with E-state index in [-0.39, 0.29) is 11.3 Å². The number of benzene rings is 1. The minimum absolute atomic E-state index is 0.0576. The van der Waals surface area contributed by atoms with Gasteiger partial charge in [0.2, 0.25) is 5.91 Å². The van der Waals surface area contributed by atoms with E-state index in [4.69, 9.17) is 0 Å². The highest BCUT2D eigenvalue weighted by Gasteiger charge is 2.20. The molecular formula is C13H17N3O. The largest absolute Gasteiger partial charge is 0.352 e. The quantitative estimate of drug-likeness (QED) is 0.832. The molecule has 2 N–H and O–H groups in total. The molecule has 0 aliphatic rings. The Kier molecular flexibility index (Phi) is 2.88. The van der Waals surface area contributed by atoms with E-state index in [9.17, 15) is 4.79 Å². The molecule has 17 heavy (non-hydrogen) atoms. The van der Waals surface area contributed by atoms with Gasteiger partial charge in [0, 0.05) is 12.0 Å². The monoisotopic (exact) mass is 231 g/mol. The van der Waals surface area contributed by atoms with Crippen LogP contribution in [0.25, 0.3) is 11.0 Å². The standard InChI is InChI=1S/C13H17N3O/c1-13(2,3)12(17)14-7-9-4-5-10-11(6-9)16-8-15-10/h4-6,8H,7H2,1-3H3,(H,14,17)(H,15,16). The van der Waals surface area contributed by atoms with Gasteiger partial charge in [0.1, 0.15) is 0 Å². The van der Waals surface area contributed by atoms with Crippen molar-refractivity contribution in [3.63, 3.8) is 0 Å². The predicted octanol–water partition coefficient (Wildman–Crippen LogP) is 2.23. The summed E-state index contributed by atoms with van der Waals surface area (Å²) in [6.45, 7) is 6.26. The van der Waals surface area contributed by atoms with E-state index in [0.29, 0.717) is 6.54 Å². The smallest absolute Gasteiger partial charge is 0.225 e. The lowest BCUT2D eigenvalue weighted by Gasteiger charge is -2.17. The number of hydrogen-bond acceptors (Lipinski definition) is 2. The highest BCUT2D eigenvalue weighted by molar-refractivity contribution is 5.81. The van der Waals surface area contributed by atoms with Gasteiger partial charge < -0.3 is 10.3 Å². The van der Waals surface area contributed by atoms with E-state index < -0.39 is 0 Å². The molecule has 0 aliphatic carbocycles. The molecule has 0 aliphatic heterocycles. The summed E-state index contributed by atoms with van der Waals surface area (Å²) in [5.74, 6) is 0.0576. The first kappa shape index (κ1) is 11.6. The van der Waals surface area contributed by atoms with Gasteiger partial charge in [-0.3, -0.25) is 4.79 Å².